The van der Waals surface area contributed by atoms with E-state index in [1.807, 2.05) is 170 Å². The van der Waals surface area contributed by atoms with Gasteiger partial charge in [-0.25, -0.2) is 38.4 Å². The molecule has 102 heavy (non-hydrogen) atoms. The van der Waals surface area contributed by atoms with E-state index in [1.165, 1.54) is 0 Å². The van der Waals surface area contributed by atoms with Gasteiger partial charge in [0.1, 0.15) is 64.4 Å². The summed E-state index contributed by atoms with van der Waals surface area (Å²) in [6, 6.07) is 61.8. The Morgan fingerprint density at radius 1 is 0.265 bits per heavy atom. The lowest BCUT2D eigenvalue weighted by atomic mass is 9.78. The van der Waals surface area contributed by atoms with Crippen LogP contribution in [0.5, 0.6) is 11.5 Å². The van der Waals surface area contributed by atoms with Gasteiger partial charge in [-0.2, -0.15) is 0 Å². The summed E-state index contributed by atoms with van der Waals surface area (Å²) in [4.78, 5) is 90.7. The SMILES string of the molecule is C=CC(=O)OCc1ccc(C(C)(C)c2ccc(COC(=O)C=C)cc2)cc1.C=CC(=O)OCc1ccc(Cc2ccc(COC(=O)C=C)cc2)cc1.C=CC(=O)OCc1ccc(Oc2ccc(COC(=O)C=C)cc2)cc1.C=CC(=O)OCc1ccc(Sc2ccc(COC(=O)C=C)cc2)cc1. The number of carbonyl (C=O) groups excluding carboxylic acids is 8. The molecule has 0 spiro atoms. The van der Waals surface area contributed by atoms with Gasteiger partial charge < -0.3 is 42.6 Å². The molecule has 0 fully saturated rings. The molecule has 8 rings (SSSR count). The lowest BCUT2D eigenvalue weighted by molar-refractivity contribution is -0.139. The minimum Gasteiger partial charge on any atom is -0.458 e. The third kappa shape index (κ3) is 30.1. The minimum absolute atomic E-state index is 0.184. The largest absolute Gasteiger partial charge is 0.458 e. The maximum Gasteiger partial charge on any atom is 0.330 e. The second-order valence-electron chi connectivity index (χ2n) is 22.1. The van der Waals surface area contributed by atoms with E-state index in [0.717, 1.165) is 132 Å². The molecule has 0 aromatic heterocycles. The first-order chi connectivity index (χ1) is 49.2. The monoisotopic (exact) mass is 1390 g/mol. The van der Waals surface area contributed by atoms with Crippen molar-refractivity contribution in [3.63, 3.8) is 0 Å². The molecule has 524 valence electrons. The molecule has 0 aliphatic carbocycles. The second-order valence-corrected chi connectivity index (χ2v) is 23.3. The fourth-order valence-electron chi connectivity index (χ4n) is 8.54. The van der Waals surface area contributed by atoms with E-state index in [0.29, 0.717) is 11.5 Å². The van der Waals surface area contributed by atoms with E-state index in [4.69, 9.17) is 42.6 Å². The zero-order valence-electron chi connectivity index (χ0n) is 57.0. The van der Waals surface area contributed by atoms with Crippen molar-refractivity contribution in [3.05, 3.63) is 362 Å². The van der Waals surface area contributed by atoms with Crippen LogP contribution in [0.4, 0.5) is 0 Å². The highest BCUT2D eigenvalue weighted by Gasteiger charge is 2.23. The highest BCUT2D eigenvalue weighted by molar-refractivity contribution is 7.99. The maximum absolute atomic E-state index is 11.2. The standard InChI is InChI=1S/C23H24O4.C21H20O4.C20H18O5.C20H18O4S/c1-5-21(24)26-15-17-7-11-19(12-8-17)23(3,4)20-13-9-18(10-14-20)16-27-22(25)6-2;1-3-20(22)24-14-18-9-5-16(6-10-18)13-17-7-11-19(12-8-17)15-25-21(23)4-2;2*1-3-19(21)23-13-15-5-9-17(10-6-15)25-18-11-7-16(8-12-18)14-24-20(22)4-2/h5-14H,1-2,15-16H2,3-4H3;3-12H,1-2,13-15H2;2*3-12H,1-2,13-14H2. The molecule has 8 aromatic carbocycles. The van der Waals surface area contributed by atoms with Crippen LogP contribution in [0.15, 0.2) is 305 Å². The molecular weight excluding hydrogens is 1310 g/mol. The zero-order chi connectivity index (χ0) is 74.1. The normalized spacial score (nSPS) is 10.1. The number of hydrogen-bond acceptors (Lipinski definition) is 18. The summed E-state index contributed by atoms with van der Waals surface area (Å²) in [6.45, 7) is 32.9. The van der Waals surface area contributed by atoms with Gasteiger partial charge in [-0.1, -0.05) is 224 Å². The summed E-state index contributed by atoms with van der Waals surface area (Å²) >= 11 is 1.61. The van der Waals surface area contributed by atoms with Crippen LogP contribution in [0.3, 0.4) is 0 Å². The van der Waals surface area contributed by atoms with Gasteiger partial charge in [0.05, 0.1) is 0 Å². The Morgan fingerprint density at radius 3 is 0.627 bits per heavy atom. The first-order valence-electron chi connectivity index (χ1n) is 31.6. The Hall–Kier alpha value is -12.4. The van der Waals surface area contributed by atoms with Gasteiger partial charge in [0.15, 0.2) is 0 Å². The van der Waals surface area contributed by atoms with Gasteiger partial charge >= 0.3 is 47.8 Å². The number of benzene rings is 8. The highest BCUT2D eigenvalue weighted by Crippen LogP contribution is 2.33. The van der Waals surface area contributed by atoms with E-state index in [1.54, 1.807) is 36.0 Å². The van der Waals surface area contributed by atoms with Crippen LogP contribution in [-0.2, 0) is 141 Å². The van der Waals surface area contributed by atoms with Crippen LogP contribution >= 0.6 is 11.8 Å². The van der Waals surface area contributed by atoms with E-state index in [-0.39, 0.29) is 58.3 Å². The molecule has 17 nitrogen and oxygen atoms in total. The predicted octanol–water partition coefficient (Wildman–Crippen LogP) is 16.4. The predicted molar refractivity (Wildman–Crippen MR) is 391 cm³/mol. The molecule has 0 radical (unpaired) electrons. The number of hydrogen-bond donors (Lipinski definition) is 0. The smallest absolute Gasteiger partial charge is 0.330 e. The van der Waals surface area contributed by atoms with Crippen LogP contribution in [0.2, 0.25) is 0 Å². The molecule has 0 N–H and O–H groups in total. The third-order valence-corrected chi connectivity index (χ3v) is 15.4. The molecule has 0 saturated heterocycles. The fourth-order valence-corrected chi connectivity index (χ4v) is 9.35. The lowest BCUT2D eigenvalue weighted by Gasteiger charge is -2.26. The minimum atomic E-state index is -0.459. The van der Waals surface area contributed by atoms with Crippen LogP contribution < -0.4 is 4.74 Å². The molecule has 0 atom stereocenters. The first kappa shape index (κ1) is 80.3. The number of rotatable bonds is 32. The van der Waals surface area contributed by atoms with Crippen molar-refractivity contribution < 1.29 is 81.0 Å². The van der Waals surface area contributed by atoms with Gasteiger partial charge in [-0.3, -0.25) is 0 Å². The maximum atomic E-state index is 11.2. The molecule has 8 aromatic rings. The summed E-state index contributed by atoms with van der Waals surface area (Å²) < 4.78 is 45.7. The molecule has 0 bridgehead atoms. The number of ether oxygens (including phenoxy) is 9. The molecule has 0 aliphatic heterocycles. The van der Waals surface area contributed by atoms with Crippen molar-refractivity contribution >= 4 is 59.5 Å². The van der Waals surface area contributed by atoms with Crippen LogP contribution in [0.1, 0.15) is 80.6 Å². The Morgan fingerprint density at radius 2 is 0.431 bits per heavy atom. The Kier molecular flexibility index (Phi) is 34.5. The van der Waals surface area contributed by atoms with Crippen molar-refractivity contribution in [1.29, 1.82) is 0 Å². The molecule has 18 heteroatoms. The summed E-state index contributed by atoms with van der Waals surface area (Å²) in [5.41, 5.74) is 11.6. The van der Waals surface area contributed by atoms with Gasteiger partial charge in [-0.15, -0.1) is 0 Å². The van der Waals surface area contributed by atoms with Crippen molar-refractivity contribution in [1.82, 2.24) is 0 Å². The van der Waals surface area contributed by atoms with Crippen LogP contribution in [-0.4, -0.2) is 47.8 Å². The Bertz CT molecular complexity index is 3550. The average Bonchev–Trinajstić information content (AvgIpc) is 0.805. The van der Waals surface area contributed by atoms with Gasteiger partial charge in [-0.05, 0) is 122 Å². The quantitative estimate of drug-likeness (QED) is 0.0217. The fraction of sp³-hybridized carbons (Fsp3) is 0.143. The third-order valence-electron chi connectivity index (χ3n) is 14.4. The molecule has 0 heterocycles. The van der Waals surface area contributed by atoms with Crippen LogP contribution in [0, 0.1) is 0 Å². The van der Waals surface area contributed by atoms with E-state index < -0.39 is 47.8 Å². The van der Waals surface area contributed by atoms with Crippen molar-refractivity contribution in [2.45, 2.75) is 88.3 Å². The summed E-state index contributed by atoms with van der Waals surface area (Å²) in [6.07, 6.45) is 9.93. The Labute approximate surface area is 599 Å². The summed E-state index contributed by atoms with van der Waals surface area (Å²) in [5, 5.41) is 0. The van der Waals surface area contributed by atoms with Gasteiger partial charge in [0, 0.05) is 63.8 Å². The van der Waals surface area contributed by atoms with Crippen molar-refractivity contribution in [3.8, 4) is 11.5 Å². The summed E-state index contributed by atoms with van der Waals surface area (Å²) in [5.74, 6) is -2.19. The Balaban J connectivity index is 0.000000245. The van der Waals surface area contributed by atoms with Gasteiger partial charge in [0.25, 0.3) is 0 Å². The molecule has 0 amide bonds. The number of esters is 8. The zero-order valence-corrected chi connectivity index (χ0v) is 57.8. The molecule has 0 saturated carbocycles. The van der Waals surface area contributed by atoms with E-state index >= 15 is 0 Å². The van der Waals surface area contributed by atoms with E-state index in [2.05, 4.69) is 66.5 Å². The summed E-state index contributed by atoms with van der Waals surface area (Å²) in [7, 11) is 0. The van der Waals surface area contributed by atoms with Crippen molar-refractivity contribution in [2.24, 2.45) is 0 Å². The molecule has 0 unspecified atom stereocenters. The van der Waals surface area contributed by atoms with Gasteiger partial charge in [0.2, 0.25) is 0 Å². The second kappa shape index (κ2) is 43.8. The molecule has 0 aliphatic rings. The van der Waals surface area contributed by atoms with Crippen LogP contribution in [0.25, 0.3) is 0 Å². The number of carbonyl (C=O) groups is 8. The lowest BCUT2D eigenvalue weighted by Crippen LogP contribution is -2.19. The topological polar surface area (TPSA) is 220 Å². The average molecular weight is 1390 g/mol. The molecular formula is C84H80O17S. The van der Waals surface area contributed by atoms with E-state index in [9.17, 15) is 38.4 Å². The first-order valence-corrected chi connectivity index (χ1v) is 32.4. The van der Waals surface area contributed by atoms with Crippen molar-refractivity contribution in [2.75, 3.05) is 0 Å². The highest BCUT2D eigenvalue weighted by atomic mass is 32.2.